The summed E-state index contributed by atoms with van der Waals surface area (Å²) in [5.74, 6) is 0.354. The lowest BCUT2D eigenvalue weighted by molar-refractivity contribution is -0.120. The minimum absolute atomic E-state index is 0.135. The first-order valence-corrected chi connectivity index (χ1v) is 13.1. The number of nitrogens with one attached hydrogen (secondary N) is 1. The van der Waals surface area contributed by atoms with E-state index in [-0.39, 0.29) is 23.3 Å². The second-order valence-electron chi connectivity index (χ2n) is 7.80. The number of hydrogen-bond donors (Lipinski definition) is 1. The number of rotatable bonds is 7. The lowest BCUT2D eigenvalue weighted by Gasteiger charge is -2.31. The van der Waals surface area contributed by atoms with Crippen LogP contribution in [0.1, 0.15) is 18.4 Å². The van der Waals surface area contributed by atoms with Crippen LogP contribution < -0.4 is 5.32 Å². The number of benzene rings is 3. The Hall–Kier alpha value is -2.61. The third-order valence-electron chi connectivity index (χ3n) is 5.51. The molecule has 7 heteroatoms. The van der Waals surface area contributed by atoms with E-state index in [4.69, 9.17) is 0 Å². The Labute approximate surface area is 193 Å². The molecule has 0 unspecified atom stereocenters. The summed E-state index contributed by atoms with van der Waals surface area (Å²) >= 11 is 1.77. The van der Waals surface area contributed by atoms with E-state index >= 15 is 0 Å². The maximum Gasteiger partial charge on any atom is 0.243 e. The van der Waals surface area contributed by atoms with Crippen LogP contribution in [0.15, 0.2) is 94.7 Å². The fraction of sp³-hybridized carbons (Fsp3) is 0.240. The van der Waals surface area contributed by atoms with Crippen LogP contribution in [0, 0.1) is 5.92 Å². The van der Waals surface area contributed by atoms with Gasteiger partial charge in [0, 0.05) is 29.4 Å². The SMILES string of the molecule is O=C(Nc1ccc(CSc2ccccc2)cc1)[C@@H]1CCCN(S(=O)(=O)c2ccccc2)C1. The molecule has 1 aliphatic rings. The van der Waals surface area contributed by atoms with E-state index in [1.165, 1.54) is 14.8 Å². The highest BCUT2D eigenvalue weighted by molar-refractivity contribution is 7.98. The molecular formula is C25H26N2O3S2. The molecule has 1 heterocycles. The molecule has 0 aliphatic carbocycles. The zero-order valence-electron chi connectivity index (χ0n) is 17.7. The Kier molecular flexibility index (Phi) is 7.29. The zero-order valence-corrected chi connectivity index (χ0v) is 19.3. The van der Waals surface area contributed by atoms with E-state index in [1.807, 2.05) is 42.5 Å². The van der Waals surface area contributed by atoms with Gasteiger partial charge in [0.05, 0.1) is 10.8 Å². The lowest BCUT2D eigenvalue weighted by Crippen LogP contribution is -2.43. The van der Waals surface area contributed by atoms with Crippen molar-refractivity contribution in [3.05, 3.63) is 90.5 Å². The average Bonchev–Trinajstić information content (AvgIpc) is 2.85. The molecule has 1 N–H and O–H groups in total. The number of carbonyl (C=O) groups excluding carboxylic acids is 1. The number of carbonyl (C=O) groups is 1. The van der Waals surface area contributed by atoms with Gasteiger partial charge in [-0.15, -0.1) is 11.8 Å². The predicted octanol–water partition coefficient (Wildman–Crippen LogP) is 5.02. The molecule has 4 rings (SSSR count). The summed E-state index contributed by atoms with van der Waals surface area (Å²) in [4.78, 5) is 14.3. The molecule has 1 amide bonds. The highest BCUT2D eigenvalue weighted by Crippen LogP contribution is 2.26. The van der Waals surface area contributed by atoms with Crippen molar-refractivity contribution in [3.8, 4) is 0 Å². The average molecular weight is 467 g/mol. The Morgan fingerprint density at radius 3 is 2.28 bits per heavy atom. The van der Waals surface area contributed by atoms with Gasteiger partial charge < -0.3 is 5.32 Å². The van der Waals surface area contributed by atoms with Crippen LogP contribution >= 0.6 is 11.8 Å². The Morgan fingerprint density at radius 1 is 0.938 bits per heavy atom. The van der Waals surface area contributed by atoms with Crippen molar-refractivity contribution in [1.29, 1.82) is 0 Å². The largest absolute Gasteiger partial charge is 0.326 e. The normalized spacial score (nSPS) is 17.1. The molecule has 1 saturated heterocycles. The number of amides is 1. The Morgan fingerprint density at radius 2 is 1.59 bits per heavy atom. The van der Waals surface area contributed by atoms with Gasteiger partial charge >= 0.3 is 0 Å². The van der Waals surface area contributed by atoms with Crippen LogP contribution in [-0.2, 0) is 20.6 Å². The number of nitrogens with zero attached hydrogens (tertiary/aromatic N) is 1. The monoisotopic (exact) mass is 466 g/mol. The van der Waals surface area contributed by atoms with Crippen molar-refractivity contribution in [2.75, 3.05) is 18.4 Å². The van der Waals surface area contributed by atoms with Crippen molar-refractivity contribution >= 4 is 33.4 Å². The quantitative estimate of drug-likeness (QED) is 0.497. The van der Waals surface area contributed by atoms with Crippen LogP contribution in [0.25, 0.3) is 0 Å². The highest BCUT2D eigenvalue weighted by Gasteiger charge is 2.33. The van der Waals surface area contributed by atoms with Gasteiger partial charge in [-0.05, 0) is 54.8 Å². The van der Waals surface area contributed by atoms with Gasteiger partial charge in [-0.25, -0.2) is 8.42 Å². The maximum atomic E-state index is 12.9. The molecule has 3 aromatic rings. The number of hydrogen-bond acceptors (Lipinski definition) is 4. The molecular weight excluding hydrogens is 440 g/mol. The van der Waals surface area contributed by atoms with E-state index < -0.39 is 10.0 Å². The van der Waals surface area contributed by atoms with Crippen LogP contribution in [-0.4, -0.2) is 31.7 Å². The zero-order chi connectivity index (χ0) is 22.4. The van der Waals surface area contributed by atoms with E-state index in [9.17, 15) is 13.2 Å². The highest BCUT2D eigenvalue weighted by atomic mass is 32.2. The third kappa shape index (κ3) is 5.59. The molecule has 0 spiro atoms. The van der Waals surface area contributed by atoms with Crippen molar-refractivity contribution < 1.29 is 13.2 Å². The first-order chi connectivity index (χ1) is 15.5. The molecule has 1 aliphatic heterocycles. The molecule has 1 fully saturated rings. The van der Waals surface area contributed by atoms with Gasteiger partial charge in [0.25, 0.3) is 0 Å². The summed E-state index contributed by atoms with van der Waals surface area (Å²) in [7, 11) is -3.59. The van der Waals surface area contributed by atoms with E-state index in [1.54, 1.807) is 42.1 Å². The molecule has 5 nitrogen and oxygen atoms in total. The number of thioether (sulfide) groups is 1. The van der Waals surface area contributed by atoms with Gasteiger partial charge in [-0.1, -0.05) is 48.5 Å². The standard InChI is InChI=1S/C25H26N2O3S2/c28-25(21-8-7-17-27(18-21)32(29,30)24-11-5-2-6-12-24)26-22-15-13-20(14-16-22)19-31-23-9-3-1-4-10-23/h1-6,9-16,21H,7-8,17-19H2,(H,26,28)/t21-/m1/s1. The van der Waals surface area contributed by atoms with E-state index in [0.717, 1.165) is 11.4 Å². The number of sulfonamides is 1. The molecule has 166 valence electrons. The molecule has 1 atom stereocenters. The first-order valence-electron chi connectivity index (χ1n) is 10.7. The molecule has 32 heavy (non-hydrogen) atoms. The number of anilines is 1. The topological polar surface area (TPSA) is 66.5 Å². The van der Waals surface area contributed by atoms with Crippen LogP contribution in [0.3, 0.4) is 0 Å². The van der Waals surface area contributed by atoms with Gasteiger partial charge in [0.1, 0.15) is 0 Å². The Balaban J connectivity index is 1.34. The third-order valence-corrected chi connectivity index (χ3v) is 8.47. The summed E-state index contributed by atoms with van der Waals surface area (Å²) in [6.07, 6.45) is 1.35. The van der Waals surface area contributed by atoms with Gasteiger partial charge in [-0.3, -0.25) is 4.79 Å². The summed E-state index contributed by atoms with van der Waals surface area (Å²) in [6, 6.07) is 26.5. The fourth-order valence-electron chi connectivity index (χ4n) is 3.73. The van der Waals surface area contributed by atoms with E-state index in [0.29, 0.717) is 19.4 Å². The maximum absolute atomic E-state index is 12.9. The summed E-state index contributed by atoms with van der Waals surface area (Å²) in [6.45, 7) is 0.643. The van der Waals surface area contributed by atoms with Gasteiger partial charge in [-0.2, -0.15) is 4.31 Å². The van der Waals surface area contributed by atoms with Crippen LogP contribution in [0.4, 0.5) is 5.69 Å². The second kappa shape index (κ2) is 10.3. The predicted molar refractivity (Wildman–Crippen MR) is 129 cm³/mol. The van der Waals surface area contributed by atoms with Crippen molar-refractivity contribution in [2.45, 2.75) is 28.4 Å². The smallest absolute Gasteiger partial charge is 0.243 e. The van der Waals surface area contributed by atoms with Gasteiger partial charge in [0.15, 0.2) is 0 Å². The van der Waals surface area contributed by atoms with Crippen molar-refractivity contribution in [3.63, 3.8) is 0 Å². The van der Waals surface area contributed by atoms with E-state index in [2.05, 4.69) is 17.4 Å². The number of piperidine rings is 1. The minimum atomic E-state index is -3.59. The van der Waals surface area contributed by atoms with Gasteiger partial charge in [0.2, 0.25) is 15.9 Å². The van der Waals surface area contributed by atoms with Crippen molar-refractivity contribution in [1.82, 2.24) is 4.31 Å². The molecule has 0 saturated carbocycles. The summed E-state index contributed by atoms with van der Waals surface area (Å²) < 4.78 is 27.2. The first kappa shape index (κ1) is 22.6. The second-order valence-corrected chi connectivity index (χ2v) is 10.8. The molecule has 0 aromatic heterocycles. The molecule has 0 bridgehead atoms. The Bertz CT molecular complexity index is 1130. The molecule has 3 aromatic carbocycles. The lowest BCUT2D eigenvalue weighted by atomic mass is 9.98. The summed E-state index contributed by atoms with van der Waals surface area (Å²) in [5.41, 5.74) is 1.90. The fourth-order valence-corrected chi connectivity index (χ4v) is 6.15. The summed E-state index contributed by atoms with van der Waals surface area (Å²) in [5, 5.41) is 2.96. The van der Waals surface area contributed by atoms with Crippen LogP contribution in [0.2, 0.25) is 0 Å². The molecule has 0 radical (unpaired) electrons. The van der Waals surface area contributed by atoms with Crippen molar-refractivity contribution in [2.24, 2.45) is 5.92 Å². The van der Waals surface area contributed by atoms with Crippen LogP contribution in [0.5, 0.6) is 0 Å². The minimum Gasteiger partial charge on any atom is -0.326 e.